The van der Waals surface area contributed by atoms with Crippen LogP contribution in [0.25, 0.3) is 110 Å². The average Bonchev–Trinajstić information content (AvgIpc) is 1.62. The fourth-order valence-electron chi connectivity index (χ4n) is 17.5. The standard InChI is InChI=1S/2C46H38N4O2.C14H14.Zr/c2*1-30-23-32(45(51)43(25-30)49-39-18-7-3-14-35(39)36-15-4-8-19-40(36)49)27-48(29-34-13-11-12-22-47-34)28-33-24-31(2)26-44(46(33)52)50-41-20-9-5-16-37(41)38-17-6-10-21-42(38)50;1-3-7-13(8-4-1)11-12-14-9-5-2-6-10-14;/h2*3-26,51-52H,27-29H2,1-2H3;1-10H,11-12H2;/q;;;+4/p-4. The van der Waals surface area contributed by atoms with Crippen molar-refractivity contribution in [1.29, 1.82) is 0 Å². The first-order chi connectivity index (χ1) is 57.8. The van der Waals surface area contributed by atoms with E-state index >= 15 is 0 Å². The smallest absolute Gasteiger partial charge is 0.871 e. The van der Waals surface area contributed by atoms with Gasteiger partial charge in [0, 0.05) is 118 Å². The molecule has 0 unspecified atom stereocenters. The molecule has 0 aliphatic heterocycles. The summed E-state index contributed by atoms with van der Waals surface area (Å²) in [5, 5.41) is 67.3. The van der Waals surface area contributed by atoms with Crippen molar-refractivity contribution >= 4 is 87.2 Å². The molecule has 0 radical (unpaired) electrons. The third kappa shape index (κ3) is 15.8. The van der Waals surface area contributed by atoms with Gasteiger partial charge >= 0.3 is 26.2 Å². The molecule has 0 saturated heterocycles. The van der Waals surface area contributed by atoms with Gasteiger partial charge in [-0.05, 0) is 193 Å². The second-order valence-corrected chi connectivity index (χ2v) is 31.0. The Bertz CT molecular complexity index is 6100. The Balaban J connectivity index is 0.000000145. The Morgan fingerprint density at radius 3 is 0.647 bits per heavy atom. The maximum atomic E-state index is 14.6. The number of hydrogen-bond donors (Lipinski definition) is 0. The van der Waals surface area contributed by atoms with E-state index in [1.807, 2.05) is 210 Å². The summed E-state index contributed by atoms with van der Waals surface area (Å²) in [4.78, 5) is 13.6. The van der Waals surface area contributed by atoms with Crippen molar-refractivity contribution in [3.05, 3.63) is 419 Å². The van der Waals surface area contributed by atoms with Gasteiger partial charge in [-0.15, -0.1) is 0 Å². The van der Waals surface area contributed by atoms with E-state index in [0.29, 0.717) is 84.3 Å². The maximum absolute atomic E-state index is 14.6. The molecular weight excluding hydrogens is 1540 g/mol. The largest absolute Gasteiger partial charge is 4.00 e. The number of para-hydroxylation sites is 8. The fourth-order valence-corrected chi connectivity index (χ4v) is 17.5. The van der Waals surface area contributed by atoms with Gasteiger partial charge in [0.1, 0.15) is 0 Å². The van der Waals surface area contributed by atoms with Crippen molar-refractivity contribution in [1.82, 2.24) is 38.0 Å². The Morgan fingerprint density at radius 1 is 0.235 bits per heavy atom. The minimum absolute atomic E-state index is 0. The van der Waals surface area contributed by atoms with Crippen LogP contribution >= 0.6 is 0 Å². The zero-order valence-electron chi connectivity index (χ0n) is 66.9. The van der Waals surface area contributed by atoms with E-state index in [9.17, 15) is 20.4 Å². The second-order valence-electron chi connectivity index (χ2n) is 31.0. The molecule has 0 bridgehead atoms. The maximum Gasteiger partial charge on any atom is 4.00 e. The molecule has 0 amide bonds. The van der Waals surface area contributed by atoms with Gasteiger partial charge in [-0.1, -0.05) is 266 Å². The number of hydrogen-bond acceptors (Lipinski definition) is 8. The molecule has 0 fully saturated rings. The predicted octanol–water partition coefficient (Wildman–Crippen LogP) is 22.0. The molecule has 578 valence electrons. The van der Waals surface area contributed by atoms with E-state index in [4.69, 9.17) is 0 Å². The first kappa shape index (κ1) is 78.1. The molecule has 12 nitrogen and oxygen atoms in total. The minimum Gasteiger partial charge on any atom is -0.871 e. The molecule has 6 aromatic heterocycles. The van der Waals surface area contributed by atoms with Crippen molar-refractivity contribution < 1.29 is 46.6 Å². The van der Waals surface area contributed by atoms with E-state index in [1.54, 1.807) is 12.4 Å². The second kappa shape index (κ2) is 34.4. The molecule has 0 spiro atoms. The molecule has 0 atom stereocenters. The van der Waals surface area contributed by atoms with Gasteiger partial charge < -0.3 is 38.7 Å². The van der Waals surface area contributed by atoms with Crippen molar-refractivity contribution in [2.45, 2.75) is 79.8 Å². The number of aryl methyl sites for hydroxylation is 6. The quantitative estimate of drug-likeness (QED) is 0.0778. The summed E-state index contributed by atoms with van der Waals surface area (Å²) in [6.07, 6.45) is 5.83. The molecule has 20 rings (SSSR count). The monoisotopic (exact) mass is 1620 g/mol. The van der Waals surface area contributed by atoms with Crippen molar-refractivity contribution in [3.8, 4) is 45.7 Å². The van der Waals surface area contributed by atoms with Crippen molar-refractivity contribution in [3.63, 3.8) is 0 Å². The third-order valence-corrected chi connectivity index (χ3v) is 22.6. The van der Waals surface area contributed by atoms with Crippen molar-refractivity contribution in [2.24, 2.45) is 0 Å². The molecule has 14 aromatic carbocycles. The third-order valence-electron chi connectivity index (χ3n) is 22.6. The van der Waals surface area contributed by atoms with Gasteiger partial charge in [0.05, 0.1) is 55.5 Å². The Kier molecular flexibility index (Phi) is 22.6. The van der Waals surface area contributed by atoms with Crippen LogP contribution in [0.2, 0.25) is 0 Å². The van der Waals surface area contributed by atoms with E-state index in [2.05, 4.69) is 196 Å². The number of nitrogens with zero attached hydrogens (tertiary/aromatic N) is 8. The average molecular weight is 1630 g/mol. The van der Waals surface area contributed by atoms with Crippen LogP contribution in [0.5, 0.6) is 23.0 Å². The van der Waals surface area contributed by atoms with Crippen LogP contribution in [-0.4, -0.2) is 38.0 Å². The first-order valence-corrected chi connectivity index (χ1v) is 40.3. The van der Waals surface area contributed by atoms with E-state index in [1.165, 1.54) is 11.1 Å². The molecule has 0 saturated carbocycles. The summed E-state index contributed by atoms with van der Waals surface area (Å²) in [7, 11) is 0. The van der Waals surface area contributed by atoms with Crippen LogP contribution in [0.1, 0.15) is 67.0 Å². The SMILES string of the molecule is Cc1cc(CN(Cc2ccccn2)Cc2cc(C)cc(-n3c4ccccc4c4ccccc43)c2[O-])c([O-])c(-n2c3ccccc3c3ccccc32)c1.Cc1cc(CN(Cc2ccccn2)Cc2cc(C)cc(-n3c4ccccc4c4ccccc43)c2[O-])c([O-])c(-n2c3ccccc3c3ccccc32)c1.[Zr+4].c1ccc(CCc2ccccc2)cc1. The Labute approximate surface area is 711 Å². The molecule has 20 aromatic rings. The van der Waals surface area contributed by atoms with E-state index in [0.717, 1.165) is 134 Å². The number of rotatable bonds is 19. The van der Waals surface area contributed by atoms with Crippen LogP contribution in [0.3, 0.4) is 0 Å². The molecule has 0 aliphatic rings. The molecule has 13 heteroatoms. The molecule has 0 N–H and O–H groups in total. The Morgan fingerprint density at radius 2 is 0.437 bits per heavy atom. The van der Waals surface area contributed by atoms with Crippen LogP contribution in [0.15, 0.2) is 352 Å². The molecule has 0 aliphatic carbocycles. The van der Waals surface area contributed by atoms with E-state index < -0.39 is 0 Å². The predicted molar refractivity (Wildman–Crippen MR) is 475 cm³/mol. The first-order valence-electron chi connectivity index (χ1n) is 40.3. The summed E-state index contributed by atoms with van der Waals surface area (Å²) < 4.78 is 8.39. The summed E-state index contributed by atoms with van der Waals surface area (Å²) in [6.45, 7) is 10.5. The van der Waals surface area contributed by atoms with Gasteiger partial charge in [-0.2, -0.15) is 0 Å². The topological polar surface area (TPSA) is 144 Å². The normalized spacial score (nSPS) is 11.5. The summed E-state index contributed by atoms with van der Waals surface area (Å²) in [5.41, 5.74) is 21.7. The van der Waals surface area contributed by atoms with Crippen LogP contribution < -0.4 is 20.4 Å². The summed E-state index contributed by atoms with van der Waals surface area (Å²) in [6, 6.07) is 115. The molecular formula is C106H86N8O4Zr. The fraction of sp³-hybridized carbons (Fsp3) is 0.113. The number of benzene rings is 14. The van der Waals surface area contributed by atoms with Crippen molar-refractivity contribution in [2.75, 3.05) is 0 Å². The number of pyridine rings is 2. The van der Waals surface area contributed by atoms with Gasteiger partial charge in [-0.25, -0.2) is 0 Å². The van der Waals surface area contributed by atoms with Gasteiger partial charge in [0.25, 0.3) is 0 Å². The minimum atomic E-state index is -0.0271. The van der Waals surface area contributed by atoms with Crippen LogP contribution in [0.4, 0.5) is 0 Å². The number of fused-ring (bicyclic) bond motifs is 12. The zero-order valence-corrected chi connectivity index (χ0v) is 69.3. The van der Waals surface area contributed by atoms with Gasteiger partial charge in [-0.3, -0.25) is 19.8 Å². The van der Waals surface area contributed by atoms with E-state index in [-0.39, 0.29) is 49.2 Å². The number of aromatic nitrogens is 6. The van der Waals surface area contributed by atoms with Crippen LogP contribution in [0, 0.1) is 27.7 Å². The Hall–Kier alpha value is -13.4. The summed E-state index contributed by atoms with van der Waals surface area (Å²) >= 11 is 0. The molecule has 6 heterocycles. The van der Waals surface area contributed by atoms with Gasteiger partial charge in [0.15, 0.2) is 0 Å². The van der Waals surface area contributed by atoms with Crippen LogP contribution in [-0.2, 0) is 78.3 Å². The molecule has 119 heavy (non-hydrogen) atoms. The van der Waals surface area contributed by atoms with Gasteiger partial charge in [0.2, 0.25) is 0 Å². The summed E-state index contributed by atoms with van der Waals surface area (Å²) in [5.74, 6) is -0.109. The zero-order chi connectivity index (χ0) is 80.3.